The number of pyridine rings is 1. The number of aliphatic hydroxyl groups excluding tert-OH is 1. The van der Waals surface area contributed by atoms with Crippen LogP contribution in [0.4, 0.5) is 11.5 Å². The largest absolute Gasteiger partial charge is 0.467 e. The van der Waals surface area contributed by atoms with Gasteiger partial charge in [0.2, 0.25) is 5.82 Å². The van der Waals surface area contributed by atoms with Gasteiger partial charge in [0.1, 0.15) is 11.9 Å². The van der Waals surface area contributed by atoms with E-state index in [9.17, 15) is 15.2 Å². The number of aliphatic hydroxyl groups is 1. The van der Waals surface area contributed by atoms with Crippen LogP contribution in [0.25, 0.3) is 0 Å². The maximum absolute atomic E-state index is 11.3. The highest BCUT2D eigenvalue weighted by Crippen LogP contribution is 2.33. The molecule has 0 aliphatic carbocycles. The second-order valence-electron chi connectivity index (χ2n) is 6.07. The van der Waals surface area contributed by atoms with Gasteiger partial charge in [0.25, 0.3) is 0 Å². The van der Waals surface area contributed by atoms with Gasteiger partial charge in [0.05, 0.1) is 11.2 Å². The molecule has 1 fully saturated rings. The molecular weight excluding hydrogens is 310 g/mol. The first-order valence-corrected chi connectivity index (χ1v) is 8.24. The molecule has 0 unspecified atom stereocenters. The van der Waals surface area contributed by atoms with Gasteiger partial charge in [-0.2, -0.15) is 0 Å². The molecule has 2 aromatic heterocycles. The molecule has 1 saturated heterocycles. The molecule has 24 heavy (non-hydrogen) atoms. The van der Waals surface area contributed by atoms with Crippen molar-refractivity contribution in [1.29, 1.82) is 0 Å². The molecule has 0 saturated carbocycles. The SMILES string of the molecule is O=[N+]([O-])c1cccnc1N1CCCCC[C@H]1C[C@@H](O)c1ccco1. The molecule has 1 aliphatic rings. The smallest absolute Gasteiger partial charge is 0.311 e. The van der Waals surface area contributed by atoms with Crippen molar-refractivity contribution in [2.24, 2.45) is 0 Å². The predicted molar refractivity (Wildman–Crippen MR) is 88.8 cm³/mol. The summed E-state index contributed by atoms with van der Waals surface area (Å²) >= 11 is 0. The maximum atomic E-state index is 11.3. The Labute approximate surface area is 140 Å². The fourth-order valence-corrected chi connectivity index (χ4v) is 3.31. The van der Waals surface area contributed by atoms with Gasteiger partial charge < -0.3 is 14.4 Å². The lowest BCUT2D eigenvalue weighted by Crippen LogP contribution is -2.37. The average molecular weight is 331 g/mol. The zero-order valence-electron chi connectivity index (χ0n) is 13.4. The Kier molecular flexibility index (Phi) is 5.10. The Morgan fingerprint density at radius 1 is 1.38 bits per heavy atom. The number of aromatic nitrogens is 1. The van der Waals surface area contributed by atoms with E-state index in [-0.39, 0.29) is 11.7 Å². The van der Waals surface area contributed by atoms with Crippen molar-refractivity contribution >= 4 is 11.5 Å². The van der Waals surface area contributed by atoms with E-state index >= 15 is 0 Å². The predicted octanol–water partition coefficient (Wildman–Crippen LogP) is 3.46. The number of furan rings is 1. The van der Waals surface area contributed by atoms with E-state index in [0.29, 0.717) is 24.5 Å². The number of rotatable bonds is 5. The number of anilines is 1. The van der Waals surface area contributed by atoms with Crippen LogP contribution in [-0.2, 0) is 0 Å². The second-order valence-corrected chi connectivity index (χ2v) is 6.07. The highest BCUT2D eigenvalue weighted by Gasteiger charge is 2.30. The summed E-state index contributed by atoms with van der Waals surface area (Å²) in [6, 6.07) is 6.53. The van der Waals surface area contributed by atoms with Crippen LogP contribution >= 0.6 is 0 Å². The van der Waals surface area contributed by atoms with Crippen molar-refractivity contribution in [3.05, 3.63) is 52.6 Å². The fraction of sp³-hybridized carbons (Fsp3) is 0.471. The molecule has 2 atom stereocenters. The zero-order chi connectivity index (χ0) is 16.9. The first kappa shape index (κ1) is 16.4. The zero-order valence-corrected chi connectivity index (χ0v) is 13.4. The molecule has 7 heteroatoms. The molecule has 3 rings (SSSR count). The first-order valence-electron chi connectivity index (χ1n) is 8.24. The van der Waals surface area contributed by atoms with Crippen LogP contribution in [0.5, 0.6) is 0 Å². The van der Waals surface area contributed by atoms with Crippen molar-refractivity contribution in [3.8, 4) is 0 Å². The average Bonchev–Trinajstić information content (AvgIpc) is 3.03. The number of nitrogens with zero attached hydrogens (tertiary/aromatic N) is 3. The van der Waals surface area contributed by atoms with Crippen LogP contribution in [0.3, 0.4) is 0 Å². The van der Waals surface area contributed by atoms with Crippen molar-refractivity contribution < 1.29 is 14.4 Å². The molecular formula is C17H21N3O4. The molecule has 1 aliphatic heterocycles. The Hall–Kier alpha value is -2.41. The normalized spacial score (nSPS) is 19.7. The third-order valence-electron chi connectivity index (χ3n) is 4.48. The number of hydrogen-bond donors (Lipinski definition) is 1. The highest BCUT2D eigenvalue weighted by molar-refractivity contribution is 5.58. The molecule has 0 spiro atoms. The molecule has 0 bridgehead atoms. The van der Waals surface area contributed by atoms with Crippen LogP contribution in [0.15, 0.2) is 41.1 Å². The van der Waals surface area contributed by atoms with Gasteiger partial charge >= 0.3 is 5.69 Å². The minimum absolute atomic E-state index is 0.0110. The lowest BCUT2D eigenvalue weighted by molar-refractivity contribution is -0.384. The summed E-state index contributed by atoms with van der Waals surface area (Å²) in [5, 5.41) is 21.8. The summed E-state index contributed by atoms with van der Waals surface area (Å²) in [5.74, 6) is 0.913. The van der Waals surface area contributed by atoms with Gasteiger partial charge in [-0.25, -0.2) is 4.98 Å². The van der Waals surface area contributed by atoms with Gasteiger partial charge in [-0.05, 0) is 31.0 Å². The third-order valence-corrected chi connectivity index (χ3v) is 4.48. The fourth-order valence-electron chi connectivity index (χ4n) is 3.31. The van der Waals surface area contributed by atoms with E-state index in [4.69, 9.17) is 4.42 Å². The minimum Gasteiger partial charge on any atom is -0.467 e. The highest BCUT2D eigenvalue weighted by atomic mass is 16.6. The minimum atomic E-state index is -0.728. The number of nitro groups is 1. The van der Waals surface area contributed by atoms with Crippen LogP contribution in [0.2, 0.25) is 0 Å². The van der Waals surface area contributed by atoms with Crippen molar-refractivity contribution in [2.75, 3.05) is 11.4 Å². The Morgan fingerprint density at radius 2 is 2.25 bits per heavy atom. The van der Waals surface area contributed by atoms with E-state index < -0.39 is 11.0 Å². The van der Waals surface area contributed by atoms with Gasteiger partial charge in [-0.3, -0.25) is 10.1 Å². The molecule has 3 heterocycles. The van der Waals surface area contributed by atoms with Crippen molar-refractivity contribution in [3.63, 3.8) is 0 Å². The van der Waals surface area contributed by atoms with E-state index in [1.165, 1.54) is 12.3 Å². The topological polar surface area (TPSA) is 92.6 Å². The summed E-state index contributed by atoms with van der Waals surface area (Å²) < 4.78 is 5.28. The molecule has 0 radical (unpaired) electrons. The van der Waals surface area contributed by atoms with Gasteiger partial charge in [-0.1, -0.05) is 12.8 Å². The van der Waals surface area contributed by atoms with E-state index in [2.05, 4.69) is 4.98 Å². The molecule has 2 aromatic rings. The van der Waals surface area contributed by atoms with E-state index in [1.807, 2.05) is 4.90 Å². The number of hydrogen-bond acceptors (Lipinski definition) is 6. The van der Waals surface area contributed by atoms with Gasteiger partial charge in [0.15, 0.2) is 0 Å². The van der Waals surface area contributed by atoms with Crippen LogP contribution < -0.4 is 4.90 Å². The summed E-state index contributed by atoms with van der Waals surface area (Å²) in [6.07, 6.45) is 6.78. The summed E-state index contributed by atoms with van der Waals surface area (Å²) in [4.78, 5) is 17.2. The quantitative estimate of drug-likeness (QED) is 0.666. The van der Waals surface area contributed by atoms with Crippen molar-refractivity contribution in [1.82, 2.24) is 4.98 Å². The molecule has 7 nitrogen and oxygen atoms in total. The van der Waals surface area contributed by atoms with Crippen LogP contribution in [-0.4, -0.2) is 27.6 Å². The first-order chi connectivity index (χ1) is 11.7. The maximum Gasteiger partial charge on any atom is 0.311 e. The summed E-state index contributed by atoms with van der Waals surface area (Å²) in [7, 11) is 0. The van der Waals surface area contributed by atoms with Gasteiger partial charge in [0, 0.05) is 31.3 Å². The van der Waals surface area contributed by atoms with E-state index in [1.54, 1.807) is 24.4 Å². The second kappa shape index (κ2) is 7.44. The Bertz CT molecular complexity index is 674. The van der Waals surface area contributed by atoms with E-state index in [0.717, 1.165) is 25.7 Å². The lowest BCUT2D eigenvalue weighted by Gasteiger charge is -2.31. The van der Waals surface area contributed by atoms with Gasteiger partial charge in [-0.15, -0.1) is 0 Å². The molecule has 1 N–H and O–H groups in total. The van der Waals surface area contributed by atoms with Crippen molar-refractivity contribution in [2.45, 2.75) is 44.2 Å². The monoisotopic (exact) mass is 331 g/mol. The summed E-state index contributed by atoms with van der Waals surface area (Å²) in [6.45, 7) is 0.702. The summed E-state index contributed by atoms with van der Waals surface area (Å²) in [5.41, 5.74) is 0.0110. The Balaban J connectivity index is 1.87. The standard InChI is InChI=1S/C17H21N3O4/c21-15(16-8-5-11-24-16)12-13-6-2-1-3-10-19(13)17-14(20(22)23)7-4-9-18-17/h4-5,7-9,11,13,15,21H,1-3,6,10,12H2/t13-,15+/m0/s1. The lowest BCUT2D eigenvalue weighted by atomic mass is 10.0. The Morgan fingerprint density at radius 3 is 3.00 bits per heavy atom. The molecule has 0 amide bonds. The van der Waals surface area contributed by atoms with Crippen LogP contribution in [0.1, 0.15) is 44.0 Å². The van der Waals surface area contributed by atoms with Crippen LogP contribution in [0, 0.1) is 10.1 Å². The molecule has 0 aromatic carbocycles. The third kappa shape index (κ3) is 3.56. The molecule has 128 valence electrons.